The molecule has 16 heavy (non-hydrogen) atoms. The molecule has 0 aliphatic heterocycles. The van der Waals surface area contributed by atoms with Crippen molar-refractivity contribution in [3.63, 3.8) is 0 Å². The van der Waals surface area contributed by atoms with Crippen molar-refractivity contribution < 1.29 is 23.1 Å². The van der Waals surface area contributed by atoms with Crippen LogP contribution in [0.2, 0.25) is 0 Å². The summed E-state index contributed by atoms with van der Waals surface area (Å²) in [4.78, 5) is 12.3. The average Bonchev–Trinajstić information content (AvgIpc) is 2.12. The van der Waals surface area contributed by atoms with Gasteiger partial charge in [0.05, 0.1) is 6.54 Å². The quantitative estimate of drug-likeness (QED) is 0.707. The first-order chi connectivity index (χ1) is 7.27. The molecule has 1 atom stereocenters. The summed E-state index contributed by atoms with van der Waals surface area (Å²) in [5.41, 5.74) is 0. The molecule has 0 spiro atoms. The molecular formula is C9H17F3N2O2. The van der Waals surface area contributed by atoms with E-state index < -0.39 is 18.8 Å². The lowest BCUT2D eigenvalue weighted by molar-refractivity contribution is -0.207. The summed E-state index contributed by atoms with van der Waals surface area (Å²) >= 11 is 0. The Morgan fingerprint density at radius 3 is 2.50 bits per heavy atom. The number of hydrogen-bond donors (Lipinski definition) is 2. The number of aliphatic hydroxyl groups excluding tert-OH is 1. The van der Waals surface area contributed by atoms with E-state index in [0.29, 0.717) is 6.54 Å². The van der Waals surface area contributed by atoms with Crippen molar-refractivity contribution >= 4 is 5.91 Å². The largest absolute Gasteiger partial charge is 0.415 e. The number of amides is 1. The molecule has 0 saturated carbocycles. The third-order valence-corrected chi connectivity index (χ3v) is 1.85. The Balaban J connectivity index is 3.90. The highest BCUT2D eigenvalue weighted by atomic mass is 19.4. The molecule has 0 aromatic heterocycles. The van der Waals surface area contributed by atoms with Gasteiger partial charge in [0.25, 0.3) is 0 Å². The first kappa shape index (κ1) is 15.2. The van der Waals surface area contributed by atoms with E-state index in [-0.39, 0.29) is 12.5 Å². The molecule has 0 rings (SSSR count). The van der Waals surface area contributed by atoms with Crippen molar-refractivity contribution in [2.45, 2.75) is 25.6 Å². The highest BCUT2D eigenvalue weighted by Gasteiger charge is 2.38. The van der Waals surface area contributed by atoms with Crippen molar-refractivity contribution in [1.82, 2.24) is 10.2 Å². The number of aliphatic hydroxyl groups is 1. The van der Waals surface area contributed by atoms with Crippen LogP contribution in [-0.2, 0) is 4.79 Å². The number of carbonyl (C=O) groups excluding carboxylic acids is 1. The van der Waals surface area contributed by atoms with Crippen LogP contribution in [0.3, 0.4) is 0 Å². The van der Waals surface area contributed by atoms with E-state index in [2.05, 4.69) is 5.32 Å². The molecular weight excluding hydrogens is 225 g/mol. The third-order valence-electron chi connectivity index (χ3n) is 1.85. The lowest BCUT2D eigenvalue weighted by Gasteiger charge is -2.21. The number of likely N-dealkylation sites (N-methyl/N-ethyl adjacent to an activating group) is 1. The Morgan fingerprint density at radius 1 is 1.50 bits per heavy atom. The monoisotopic (exact) mass is 242 g/mol. The van der Waals surface area contributed by atoms with Crippen molar-refractivity contribution in [2.24, 2.45) is 0 Å². The zero-order valence-corrected chi connectivity index (χ0v) is 9.34. The van der Waals surface area contributed by atoms with E-state index in [9.17, 15) is 18.0 Å². The van der Waals surface area contributed by atoms with Crippen molar-refractivity contribution in [2.75, 3.05) is 26.7 Å². The van der Waals surface area contributed by atoms with Crippen LogP contribution in [0.4, 0.5) is 13.2 Å². The van der Waals surface area contributed by atoms with Gasteiger partial charge < -0.3 is 10.4 Å². The van der Waals surface area contributed by atoms with Crippen LogP contribution < -0.4 is 5.32 Å². The molecule has 1 unspecified atom stereocenters. The number of nitrogens with one attached hydrogen (secondary N) is 1. The highest BCUT2D eigenvalue weighted by Crippen LogP contribution is 2.20. The molecule has 7 heteroatoms. The van der Waals surface area contributed by atoms with Gasteiger partial charge in [-0.1, -0.05) is 6.92 Å². The maximum absolute atomic E-state index is 12.0. The summed E-state index contributed by atoms with van der Waals surface area (Å²) in [6, 6.07) is 0. The third kappa shape index (κ3) is 6.62. The van der Waals surface area contributed by atoms with Gasteiger partial charge in [0.2, 0.25) is 5.91 Å². The predicted molar refractivity (Wildman–Crippen MR) is 52.9 cm³/mol. The van der Waals surface area contributed by atoms with Crippen LogP contribution in [0.1, 0.15) is 13.3 Å². The second kappa shape index (κ2) is 6.70. The summed E-state index contributed by atoms with van der Waals surface area (Å²) in [5.74, 6) is -0.348. The Hall–Kier alpha value is -0.820. The first-order valence-corrected chi connectivity index (χ1v) is 4.97. The minimum atomic E-state index is -4.64. The second-order valence-electron chi connectivity index (χ2n) is 3.60. The van der Waals surface area contributed by atoms with E-state index >= 15 is 0 Å². The maximum atomic E-state index is 12.0. The summed E-state index contributed by atoms with van der Waals surface area (Å²) in [7, 11) is 1.35. The number of halogens is 3. The molecule has 4 nitrogen and oxygen atoms in total. The van der Waals surface area contributed by atoms with Crippen molar-refractivity contribution in [3.05, 3.63) is 0 Å². The van der Waals surface area contributed by atoms with Crippen molar-refractivity contribution in [1.29, 1.82) is 0 Å². The molecule has 1 amide bonds. The van der Waals surface area contributed by atoms with Crippen LogP contribution in [0.25, 0.3) is 0 Å². The lowest BCUT2D eigenvalue weighted by atomic mass is 10.3. The molecule has 0 radical (unpaired) electrons. The zero-order valence-electron chi connectivity index (χ0n) is 9.34. The van der Waals surface area contributed by atoms with E-state index in [1.54, 1.807) is 0 Å². The SMILES string of the molecule is CCCNC(=O)CN(C)CC(O)C(F)(F)F. The standard InChI is InChI=1S/C9H17F3N2O2/c1-3-4-13-8(16)6-14(2)5-7(15)9(10,11)12/h7,15H,3-6H2,1-2H3,(H,13,16). The van der Waals surface area contributed by atoms with Gasteiger partial charge in [0.15, 0.2) is 6.10 Å². The number of alkyl halides is 3. The van der Waals surface area contributed by atoms with Crippen molar-refractivity contribution in [3.8, 4) is 0 Å². The molecule has 96 valence electrons. The van der Waals surface area contributed by atoms with Crippen LogP contribution in [0.15, 0.2) is 0 Å². The predicted octanol–water partition coefficient (Wildman–Crippen LogP) is 0.368. The first-order valence-electron chi connectivity index (χ1n) is 4.97. The van der Waals surface area contributed by atoms with Gasteiger partial charge in [-0.3, -0.25) is 9.69 Å². The normalized spacial score (nSPS) is 13.9. The average molecular weight is 242 g/mol. The van der Waals surface area contributed by atoms with Gasteiger partial charge >= 0.3 is 6.18 Å². The minimum absolute atomic E-state index is 0.160. The second-order valence-corrected chi connectivity index (χ2v) is 3.60. The van der Waals surface area contributed by atoms with Gasteiger partial charge in [-0.2, -0.15) is 13.2 Å². The smallest absolute Gasteiger partial charge is 0.382 e. The summed E-state index contributed by atoms with van der Waals surface area (Å²) in [5, 5.41) is 11.3. The number of nitrogens with zero attached hydrogens (tertiary/aromatic N) is 1. The zero-order chi connectivity index (χ0) is 12.8. The fourth-order valence-electron chi connectivity index (χ4n) is 1.03. The lowest BCUT2D eigenvalue weighted by Crippen LogP contribution is -2.43. The molecule has 0 aromatic rings. The number of hydrogen-bond acceptors (Lipinski definition) is 3. The van der Waals surface area contributed by atoms with Crippen LogP contribution in [0, 0.1) is 0 Å². The topological polar surface area (TPSA) is 52.6 Å². The van der Waals surface area contributed by atoms with E-state index in [1.807, 2.05) is 6.92 Å². The number of rotatable bonds is 6. The van der Waals surface area contributed by atoms with Gasteiger partial charge in [0.1, 0.15) is 0 Å². The Bertz CT molecular complexity index is 221. The van der Waals surface area contributed by atoms with E-state index in [0.717, 1.165) is 11.3 Å². The molecule has 2 N–H and O–H groups in total. The minimum Gasteiger partial charge on any atom is -0.382 e. The molecule has 0 aromatic carbocycles. The molecule has 0 fully saturated rings. The summed E-state index contributed by atoms with van der Waals surface area (Å²) in [6.07, 6.45) is -6.30. The van der Waals surface area contributed by atoms with E-state index in [4.69, 9.17) is 5.11 Å². The van der Waals surface area contributed by atoms with Crippen LogP contribution in [0.5, 0.6) is 0 Å². The fraction of sp³-hybridized carbons (Fsp3) is 0.889. The van der Waals surface area contributed by atoms with Gasteiger partial charge in [-0.15, -0.1) is 0 Å². The molecule has 0 heterocycles. The van der Waals surface area contributed by atoms with E-state index in [1.165, 1.54) is 7.05 Å². The molecule has 0 saturated heterocycles. The summed E-state index contributed by atoms with van der Waals surface area (Å²) < 4.78 is 35.9. The summed E-state index contributed by atoms with van der Waals surface area (Å²) in [6.45, 7) is 1.60. The molecule has 0 bridgehead atoms. The van der Waals surface area contributed by atoms with Gasteiger partial charge in [0, 0.05) is 13.1 Å². The number of carbonyl (C=O) groups is 1. The Kier molecular flexibility index (Phi) is 6.35. The Morgan fingerprint density at radius 2 is 2.06 bits per heavy atom. The maximum Gasteiger partial charge on any atom is 0.415 e. The van der Waals surface area contributed by atoms with Gasteiger partial charge in [-0.25, -0.2) is 0 Å². The van der Waals surface area contributed by atoms with Gasteiger partial charge in [-0.05, 0) is 13.5 Å². The fourth-order valence-corrected chi connectivity index (χ4v) is 1.03. The highest BCUT2D eigenvalue weighted by molar-refractivity contribution is 5.77. The van der Waals surface area contributed by atoms with Crippen LogP contribution >= 0.6 is 0 Å². The molecule has 0 aliphatic carbocycles. The Labute approximate surface area is 92.4 Å². The molecule has 0 aliphatic rings. The van der Waals surface area contributed by atoms with Crippen LogP contribution in [-0.4, -0.2) is 54.9 Å².